The maximum atomic E-state index is 9.86. The van der Waals surface area contributed by atoms with Gasteiger partial charge in [0.05, 0.1) is 28.2 Å². The first kappa shape index (κ1) is 22.6. The van der Waals surface area contributed by atoms with Crippen molar-refractivity contribution < 1.29 is 9.63 Å². The summed E-state index contributed by atoms with van der Waals surface area (Å²) in [5.74, 6) is 1.30. The van der Waals surface area contributed by atoms with Gasteiger partial charge in [-0.2, -0.15) is 4.98 Å². The number of nitrogens with zero attached hydrogens (tertiary/aromatic N) is 4. The van der Waals surface area contributed by atoms with E-state index in [0.29, 0.717) is 18.2 Å². The van der Waals surface area contributed by atoms with Gasteiger partial charge in [0.2, 0.25) is 5.95 Å². The Kier molecular flexibility index (Phi) is 6.31. The molecule has 8 nitrogen and oxygen atoms in total. The largest absolute Gasteiger partial charge is 0.393 e. The Balaban J connectivity index is 1.27. The standard InChI is InChI=1S/C27H26N6O2S/c34-22-9-7-20(8-10-22)29-26-30-21(12-17-4-2-1-3-5-17)14-25(32-26)33-27-31-23-11-6-18(13-24(23)36-27)19-15-28-35-16-19/h1-6,11,13-16,20,22,34H,7-10,12H2,(H2,29,30,31,32,33)/t20-,22-. The van der Waals surface area contributed by atoms with Gasteiger partial charge in [0.15, 0.2) is 5.13 Å². The van der Waals surface area contributed by atoms with Crippen LogP contribution in [0.15, 0.2) is 71.6 Å². The number of rotatable bonds is 7. The minimum atomic E-state index is -0.199. The van der Waals surface area contributed by atoms with Crippen LogP contribution in [0, 0.1) is 0 Å². The number of hydrogen-bond donors (Lipinski definition) is 3. The Labute approximate surface area is 212 Å². The van der Waals surface area contributed by atoms with Crippen LogP contribution < -0.4 is 10.6 Å². The molecule has 182 valence electrons. The zero-order valence-electron chi connectivity index (χ0n) is 19.6. The SMILES string of the molecule is O[C@H]1CC[C@H](Nc2nc(Cc3ccccc3)cc(Nc3nc4ccc(-c5cnoc5)cc4s3)n2)CC1. The molecule has 1 aliphatic carbocycles. The number of anilines is 3. The number of aliphatic hydroxyl groups excluding tert-OH is 1. The van der Waals surface area contributed by atoms with E-state index in [1.807, 2.05) is 36.4 Å². The van der Waals surface area contributed by atoms with Crippen molar-refractivity contribution in [2.24, 2.45) is 0 Å². The molecule has 0 spiro atoms. The van der Waals surface area contributed by atoms with Gasteiger partial charge in [-0.3, -0.25) is 0 Å². The van der Waals surface area contributed by atoms with Gasteiger partial charge in [-0.25, -0.2) is 9.97 Å². The van der Waals surface area contributed by atoms with Crippen LogP contribution in [0.25, 0.3) is 21.3 Å². The van der Waals surface area contributed by atoms with Crippen LogP contribution in [-0.2, 0) is 6.42 Å². The lowest BCUT2D eigenvalue weighted by Gasteiger charge is -2.26. The molecule has 6 rings (SSSR count). The number of thiazole rings is 1. The maximum Gasteiger partial charge on any atom is 0.225 e. The first-order valence-electron chi connectivity index (χ1n) is 12.1. The zero-order chi connectivity index (χ0) is 24.3. The summed E-state index contributed by atoms with van der Waals surface area (Å²) in [6.45, 7) is 0. The first-order valence-corrected chi connectivity index (χ1v) is 12.9. The van der Waals surface area contributed by atoms with Crippen LogP contribution >= 0.6 is 11.3 Å². The molecule has 0 radical (unpaired) electrons. The second-order valence-electron chi connectivity index (χ2n) is 9.12. The van der Waals surface area contributed by atoms with Crippen molar-refractivity contribution in [2.75, 3.05) is 10.6 Å². The van der Waals surface area contributed by atoms with E-state index < -0.39 is 0 Å². The molecule has 3 aromatic heterocycles. The lowest BCUT2D eigenvalue weighted by atomic mass is 9.93. The number of aromatic nitrogens is 4. The minimum absolute atomic E-state index is 0.199. The number of fused-ring (bicyclic) bond motifs is 1. The Morgan fingerprint density at radius 1 is 0.944 bits per heavy atom. The van der Waals surface area contributed by atoms with Crippen molar-refractivity contribution in [1.29, 1.82) is 0 Å². The molecule has 3 heterocycles. The fourth-order valence-corrected chi connectivity index (χ4v) is 5.45. The average Bonchev–Trinajstić information content (AvgIpc) is 3.55. The van der Waals surface area contributed by atoms with E-state index in [0.717, 1.165) is 57.9 Å². The third-order valence-electron chi connectivity index (χ3n) is 6.43. The smallest absolute Gasteiger partial charge is 0.225 e. The Morgan fingerprint density at radius 2 is 1.81 bits per heavy atom. The second-order valence-corrected chi connectivity index (χ2v) is 10.2. The fraction of sp³-hybridized carbons (Fsp3) is 0.259. The molecule has 1 aliphatic rings. The Hall–Kier alpha value is -3.82. The molecule has 0 saturated heterocycles. The summed E-state index contributed by atoms with van der Waals surface area (Å²) in [6.07, 6.45) is 7.26. The highest BCUT2D eigenvalue weighted by Crippen LogP contribution is 2.32. The van der Waals surface area contributed by atoms with Crippen LogP contribution in [0.1, 0.15) is 36.9 Å². The van der Waals surface area contributed by atoms with E-state index in [9.17, 15) is 5.11 Å². The summed E-state index contributed by atoms with van der Waals surface area (Å²) < 4.78 is 6.05. The number of nitrogens with one attached hydrogen (secondary N) is 2. The highest BCUT2D eigenvalue weighted by atomic mass is 32.1. The topological polar surface area (TPSA) is 109 Å². The predicted octanol–water partition coefficient (Wildman–Crippen LogP) is 5.79. The van der Waals surface area contributed by atoms with Crippen LogP contribution in [0.2, 0.25) is 0 Å². The molecule has 1 saturated carbocycles. The van der Waals surface area contributed by atoms with Crippen molar-refractivity contribution in [3.05, 3.63) is 78.3 Å². The monoisotopic (exact) mass is 498 g/mol. The third kappa shape index (κ3) is 5.22. The van der Waals surface area contributed by atoms with Crippen LogP contribution in [0.4, 0.5) is 16.9 Å². The fourth-order valence-electron chi connectivity index (χ4n) is 4.54. The normalized spacial score (nSPS) is 17.8. The quantitative estimate of drug-likeness (QED) is 0.259. The first-order chi connectivity index (χ1) is 17.7. The maximum absolute atomic E-state index is 9.86. The van der Waals surface area contributed by atoms with E-state index in [1.54, 1.807) is 23.8 Å². The van der Waals surface area contributed by atoms with Crippen molar-refractivity contribution in [3.63, 3.8) is 0 Å². The molecule has 5 aromatic rings. The molecule has 0 amide bonds. The summed E-state index contributed by atoms with van der Waals surface area (Å²) in [7, 11) is 0. The highest BCUT2D eigenvalue weighted by molar-refractivity contribution is 7.22. The van der Waals surface area contributed by atoms with Crippen LogP contribution in [-0.4, -0.2) is 37.4 Å². The lowest BCUT2D eigenvalue weighted by molar-refractivity contribution is 0.126. The highest BCUT2D eigenvalue weighted by Gasteiger charge is 2.20. The van der Waals surface area contributed by atoms with Crippen molar-refractivity contribution >= 4 is 38.5 Å². The van der Waals surface area contributed by atoms with Gasteiger partial charge in [-0.05, 0) is 48.9 Å². The van der Waals surface area contributed by atoms with Crippen LogP contribution in [0.3, 0.4) is 0 Å². The number of hydrogen-bond acceptors (Lipinski definition) is 9. The Morgan fingerprint density at radius 3 is 2.61 bits per heavy atom. The summed E-state index contributed by atoms with van der Waals surface area (Å²) in [4.78, 5) is 14.3. The molecule has 0 bridgehead atoms. The predicted molar refractivity (Wildman–Crippen MR) is 142 cm³/mol. The molecular weight excluding hydrogens is 472 g/mol. The summed E-state index contributed by atoms with van der Waals surface area (Å²) in [5.41, 5.74) is 5.01. The van der Waals surface area contributed by atoms with Gasteiger partial charge in [-0.1, -0.05) is 52.9 Å². The van der Waals surface area contributed by atoms with Crippen LogP contribution in [0.5, 0.6) is 0 Å². The molecule has 2 aromatic carbocycles. The second kappa shape index (κ2) is 10.0. The molecule has 0 aliphatic heterocycles. The molecular formula is C27H26N6O2S. The van der Waals surface area contributed by atoms with Crippen molar-refractivity contribution in [1.82, 2.24) is 20.1 Å². The molecule has 1 fully saturated rings. The van der Waals surface area contributed by atoms with E-state index in [2.05, 4.69) is 34.0 Å². The summed E-state index contributed by atoms with van der Waals surface area (Å²) in [6, 6.07) is 18.7. The molecule has 9 heteroatoms. The molecule has 36 heavy (non-hydrogen) atoms. The van der Waals surface area contributed by atoms with Gasteiger partial charge in [-0.15, -0.1) is 0 Å². The number of aliphatic hydroxyl groups is 1. The zero-order valence-corrected chi connectivity index (χ0v) is 20.4. The molecule has 0 atom stereocenters. The Bertz CT molecular complexity index is 1450. The van der Waals surface area contributed by atoms with E-state index in [4.69, 9.17) is 19.5 Å². The summed E-state index contributed by atoms with van der Waals surface area (Å²) in [5, 5.41) is 21.3. The van der Waals surface area contributed by atoms with Gasteiger partial charge in [0.25, 0.3) is 0 Å². The summed E-state index contributed by atoms with van der Waals surface area (Å²) >= 11 is 1.57. The molecule has 3 N–H and O–H groups in total. The van der Waals surface area contributed by atoms with Gasteiger partial charge < -0.3 is 20.3 Å². The third-order valence-corrected chi connectivity index (χ3v) is 7.36. The van der Waals surface area contributed by atoms with Gasteiger partial charge in [0, 0.05) is 24.1 Å². The van der Waals surface area contributed by atoms with Crippen molar-refractivity contribution in [2.45, 2.75) is 44.2 Å². The number of benzene rings is 2. The van der Waals surface area contributed by atoms with Gasteiger partial charge >= 0.3 is 0 Å². The van der Waals surface area contributed by atoms with Gasteiger partial charge in [0.1, 0.15) is 12.1 Å². The van der Waals surface area contributed by atoms with Crippen molar-refractivity contribution in [3.8, 4) is 11.1 Å². The average molecular weight is 499 g/mol. The molecule has 0 unspecified atom stereocenters. The van der Waals surface area contributed by atoms with E-state index in [-0.39, 0.29) is 12.1 Å². The lowest BCUT2D eigenvalue weighted by Crippen LogP contribution is -2.29. The minimum Gasteiger partial charge on any atom is -0.393 e. The van der Waals surface area contributed by atoms with E-state index in [1.165, 1.54) is 5.56 Å². The van der Waals surface area contributed by atoms with E-state index >= 15 is 0 Å².